The zero-order chi connectivity index (χ0) is 32.2. The van der Waals surface area contributed by atoms with Crippen molar-refractivity contribution in [2.75, 3.05) is 18.6 Å². The van der Waals surface area contributed by atoms with E-state index in [0.29, 0.717) is 17.7 Å². The molecule has 2 N–H and O–H groups in total. The van der Waals surface area contributed by atoms with Crippen molar-refractivity contribution in [1.29, 1.82) is 0 Å². The summed E-state index contributed by atoms with van der Waals surface area (Å²) in [5.41, 5.74) is 7.53. The number of amides is 1. The number of nitrogens with zero attached hydrogens (tertiary/aromatic N) is 1. The fourth-order valence-corrected chi connectivity index (χ4v) is 5.66. The van der Waals surface area contributed by atoms with Gasteiger partial charge in [0.25, 0.3) is 5.91 Å². The van der Waals surface area contributed by atoms with Gasteiger partial charge in [0.2, 0.25) is 0 Å². The second-order valence-electron chi connectivity index (χ2n) is 12.5. The first-order valence-corrected chi connectivity index (χ1v) is 16.9. The smallest absolute Gasteiger partial charge is 0.251 e. The summed E-state index contributed by atoms with van der Waals surface area (Å²) in [5.74, 6) is 0.358. The van der Waals surface area contributed by atoms with Crippen LogP contribution in [0.2, 0.25) is 0 Å². The zero-order valence-corrected chi connectivity index (χ0v) is 26.8. The minimum atomic E-state index is -3.16. The lowest BCUT2D eigenvalue weighted by molar-refractivity contribution is 0.0956. The minimum Gasteiger partial charge on any atom is -0.508 e. The standard InChI is InChI=1S/C37H38N2O5S/c1-37(2,3)31-16-12-27(13-17-31)33(22-25-8-10-28(11-9-25)36(41)38-20-21-45(4,42)43)34-24-35(44-39-34)30-7-5-6-29(23-30)26-14-18-32(40)19-15-26/h5-19,23-24,33,40H,20-22H2,1-4H3,(H,38,41). The van der Waals surface area contributed by atoms with E-state index in [1.165, 1.54) is 5.56 Å². The van der Waals surface area contributed by atoms with Crippen molar-refractivity contribution in [1.82, 2.24) is 10.5 Å². The summed E-state index contributed by atoms with van der Waals surface area (Å²) in [7, 11) is -3.16. The molecule has 1 unspecified atom stereocenters. The van der Waals surface area contributed by atoms with Gasteiger partial charge in [0.1, 0.15) is 15.6 Å². The molecule has 1 amide bonds. The van der Waals surface area contributed by atoms with Crippen LogP contribution in [-0.4, -0.2) is 43.1 Å². The summed E-state index contributed by atoms with van der Waals surface area (Å²) in [6.45, 7) is 6.63. The molecule has 45 heavy (non-hydrogen) atoms. The van der Waals surface area contributed by atoms with Crippen LogP contribution in [0, 0.1) is 0 Å². The van der Waals surface area contributed by atoms with Crippen molar-refractivity contribution in [3.05, 3.63) is 131 Å². The molecule has 5 aromatic rings. The molecule has 0 spiro atoms. The third-order valence-electron chi connectivity index (χ3n) is 7.83. The summed E-state index contributed by atoms with van der Waals surface area (Å²) >= 11 is 0. The van der Waals surface area contributed by atoms with Gasteiger partial charge >= 0.3 is 0 Å². The lowest BCUT2D eigenvalue weighted by atomic mass is 9.83. The van der Waals surface area contributed by atoms with Crippen LogP contribution in [0.25, 0.3) is 22.5 Å². The quantitative estimate of drug-likeness (QED) is 0.171. The van der Waals surface area contributed by atoms with Crippen LogP contribution in [-0.2, 0) is 21.7 Å². The number of aromatic nitrogens is 1. The van der Waals surface area contributed by atoms with Crippen molar-refractivity contribution < 1.29 is 22.8 Å². The maximum absolute atomic E-state index is 12.5. The molecular weight excluding hydrogens is 584 g/mol. The molecule has 0 bridgehead atoms. The highest BCUT2D eigenvalue weighted by atomic mass is 32.2. The summed E-state index contributed by atoms with van der Waals surface area (Å²) in [4.78, 5) is 12.5. The lowest BCUT2D eigenvalue weighted by Gasteiger charge is -2.21. The molecule has 5 rings (SSSR count). The van der Waals surface area contributed by atoms with E-state index in [-0.39, 0.29) is 35.3 Å². The predicted molar refractivity (Wildman–Crippen MR) is 178 cm³/mol. The molecule has 0 saturated heterocycles. The van der Waals surface area contributed by atoms with Crippen molar-refractivity contribution in [3.8, 4) is 28.2 Å². The van der Waals surface area contributed by atoms with Crippen LogP contribution in [0.5, 0.6) is 5.75 Å². The van der Waals surface area contributed by atoms with Crippen molar-refractivity contribution in [2.45, 2.75) is 38.5 Å². The molecule has 232 valence electrons. The average molecular weight is 623 g/mol. The van der Waals surface area contributed by atoms with Gasteiger partial charge in [-0.05, 0) is 70.0 Å². The molecule has 1 atom stereocenters. The molecule has 8 heteroatoms. The Morgan fingerprint density at radius 3 is 2.18 bits per heavy atom. The van der Waals surface area contributed by atoms with Gasteiger partial charge in [-0.1, -0.05) is 92.7 Å². The van der Waals surface area contributed by atoms with Crippen LogP contribution < -0.4 is 5.32 Å². The van der Waals surface area contributed by atoms with E-state index in [9.17, 15) is 18.3 Å². The largest absolute Gasteiger partial charge is 0.508 e. The number of aromatic hydroxyl groups is 1. The average Bonchev–Trinajstić information content (AvgIpc) is 3.50. The third kappa shape index (κ3) is 8.28. The number of hydrogen-bond donors (Lipinski definition) is 2. The molecule has 1 aromatic heterocycles. The van der Waals surface area contributed by atoms with Crippen LogP contribution in [0.4, 0.5) is 0 Å². The lowest BCUT2D eigenvalue weighted by Crippen LogP contribution is -2.28. The molecule has 0 aliphatic heterocycles. The Labute approximate surface area is 264 Å². The first-order valence-electron chi connectivity index (χ1n) is 14.9. The molecule has 1 heterocycles. The van der Waals surface area contributed by atoms with Crippen LogP contribution in [0.1, 0.15) is 59.4 Å². The Morgan fingerprint density at radius 1 is 0.867 bits per heavy atom. The van der Waals surface area contributed by atoms with Crippen LogP contribution in [0.15, 0.2) is 108 Å². The first-order chi connectivity index (χ1) is 21.4. The molecule has 0 saturated carbocycles. The number of hydrogen-bond acceptors (Lipinski definition) is 6. The Bertz CT molecular complexity index is 1870. The number of benzene rings is 4. The fraction of sp³-hybridized carbons (Fsp3) is 0.243. The molecule has 0 fully saturated rings. The predicted octanol–water partition coefficient (Wildman–Crippen LogP) is 7.16. The van der Waals surface area contributed by atoms with E-state index in [1.807, 2.05) is 54.6 Å². The molecular formula is C37H38N2O5S. The number of carbonyl (C=O) groups excluding carboxylic acids is 1. The van der Waals surface area contributed by atoms with Crippen molar-refractivity contribution in [2.24, 2.45) is 0 Å². The number of rotatable bonds is 10. The molecule has 7 nitrogen and oxygen atoms in total. The van der Waals surface area contributed by atoms with E-state index >= 15 is 0 Å². The van der Waals surface area contributed by atoms with E-state index in [2.05, 4.69) is 55.5 Å². The van der Waals surface area contributed by atoms with Crippen LogP contribution in [0.3, 0.4) is 0 Å². The van der Waals surface area contributed by atoms with E-state index in [4.69, 9.17) is 4.52 Å². The van der Waals surface area contributed by atoms with Gasteiger partial charge in [-0.25, -0.2) is 8.42 Å². The minimum absolute atomic E-state index is 0.0231. The Balaban J connectivity index is 1.41. The normalized spacial score (nSPS) is 12.5. The molecule has 4 aromatic carbocycles. The highest BCUT2D eigenvalue weighted by Crippen LogP contribution is 2.34. The van der Waals surface area contributed by atoms with Crippen LogP contribution >= 0.6 is 0 Å². The van der Waals surface area contributed by atoms with Gasteiger partial charge in [-0.15, -0.1) is 0 Å². The number of nitrogens with one attached hydrogen (secondary N) is 1. The Hall–Kier alpha value is -4.69. The molecule has 0 aliphatic carbocycles. The number of phenolic OH excluding ortho intramolecular Hbond substituents is 1. The monoisotopic (exact) mass is 622 g/mol. The van der Waals surface area contributed by atoms with Crippen molar-refractivity contribution in [3.63, 3.8) is 0 Å². The zero-order valence-electron chi connectivity index (χ0n) is 25.9. The summed E-state index contributed by atoms with van der Waals surface area (Å²) in [5, 5.41) is 16.9. The van der Waals surface area contributed by atoms with Gasteiger partial charge in [0.15, 0.2) is 5.76 Å². The maximum atomic E-state index is 12.5. The second kappa shape index (κ2) is 13.1. The number of phenols is 1. The maximum Gasteiger partial charge on any atom is 0.251 e. The van der Waals surface area contributed by atoms with Gasteiger partial charge in [-0.2, -0.15) is 0 Å². The fourth-order valence-electron chi connectivity index (χ4n) is 5.18. The summed E-state index contributed by atoms with van der Waals surface area (Å²) in [6.07, 6.45) is 1.78. The molecule has 0 radical (unpaired) electrons. The number of sulfone groups is 1. The van der Waals surface area contributed by atoms with Gasteiger partial charge in [0.05, 0.1) is 11.4 Å². The van der Waals surface area contributed by atoms with Crippen molar-refractivity contribution >= 4 is 15.7 Å². The van der Waals surface area contributed by atoms with Gasteiger partial charge in [-0.3, -0.25) is 4.79 Å². The van der Waals surface area contributed by atoms with E-state index in [0.717, 1.165) is 39.8 Å². The Kier molecular flexibility index (Phi) is 9.25. The Morgan fingerprint density at radius 2 is 1.53 bits per heavy atom. The van der Waals surface area contributed by atoms with E-state index < -0.39 is 9.84 Å². The van der Waals surface area contributed by atoms with Gasteiger partial charge < -0.3 is 14.9 Å². The first kappa shape index (κ1) is 31.7. The topological polar surface area (TPSA) is 110 Å². The summed E-state index contributed by atoms with van der Waals surface area (Å²) < 4.78 is 28.7. The van der Waals surface area contributed by atoms with Gasteiger partial charge in [0, 0.05) is 35.9 Å². The molecule has 0 aliphatic rings. The summed E-state index contributed by atoms with van der Waals surface area (Å²) in [6, 6.07) is 33.1. The third-order valence-corrected chi connectivity index (χ3v) is 8.77. The SMILES string of the molecule is CC(C)(C)c1ccc(C(Cc2ccc(C(=O)NCCS(C)(=O)=O)cc2)c2cc(-c3cccc(-c4ccc(O)cc4)c3)on2)cc1. The number of carbonyl (C=O) groups is 1. The highest BCUT2D eigenvalue weighted by Gasteiger charge is 2.22. The second-order valence-corrected chi connectivity index (χ2v) is 14.7. The van der Waals surface area contributed by atoms with E-state index in [1.54, 1.807) is 24.3 Å². The highest BCUT2D eigenvalue weighted by molar-refractivity contribution is 7.90.